The standard InChI is InChI=1S/C11H18N2O4/c1-8-4-10(13-17-8)16-5-9(15)12-6-11(2,3)7-14/h4,14H,5-7H2,1-3H3,(H,12,15). The maximum absolute atomic E-state index is 11.4. The van der Waals surface area contributed by atoms with Crippen LogP contribution < -0.4 is 10.1 Å². The van der Waals surface area contributed by atoms with Gasteiger partial charge in [-0.05, 0) is 12.1 Å². The second kappa shape index (κ2) is 5.67. The third-order valence-corrected chi connectivity index (χ3v) is 2.15. The predicted octanol–water partition coefficient (Wildman–Crippen LogP) is 0.497. The first-order chi connectivity index (χ1) is 7.93. The van der Waals surface area contributed by atoms with Gasteiger partial charge in [-0.2, -0.15) is 0 Å². The molecule has 0 saturated heterocycles. The van der Waals surface area contributed by atoms with Gasteiger partial charge in [-0.25, -0.2) is 0 Å². The lowest BCUT2D eigenvalue weighted by Crippen LogP contribution is -2.38. The van der Waals surface area contributed by atoms with E-state index in [4.69, 9.17) is 14.4 Å². The van der Waals surface area contributed by atoms with Crippen LogP contribution in [0.4, 0.5) is 0 Å². The van der Waals surface area contributed by atoms with Crippen molar-refractivity contribution < 1.29 is 19.2 Å². The lowest BCUT2D eigenvalue weighted by molar-refractivity contribution is -0.123. The molecule has 0 aliphatic carbocycles. The topological polar surface area (TPSA) is 84.6 Å². The van der Waals surface area contributed by atoms with Gasteiger partial charge in [0.1, 0.15) is 5.76 Å². The predicted molar refractivity (Wildman–Crippen MR) is 60.6 cm³/mol. The van der Waals surface area contributed by atoms with E-state index in [9.17, 15) is 4.79 Å². The summed E-state index contributed by atoms with van der Waals surface area (Å²) in [5.41, 5.74) is -0.333. The van der Waals surface area contributed by atoms with Gasteiger partial charge in [0.05, 0.1) is 0 Å². The lowest BCUT2D eigenvalue weighted by Gasteiger charge is -2.21. The summed E-state index contributed by atoms with van der Waals surface area (Å²) < 4.78 is 9.90. The zero-order valence-corrected chi connectivity index (χ0v) is 10.3. The number of nitrogens with one attached hydrogen (secondary N) is 1. The summed E-state index contributed by atoms with van der Waals surface area (Å²) in [6.45, 7) is 5.74. The molecule has 17 heavy (non-hydrogen) atoms. The van der Waals surface area contributed by atoms with Crippen molar-refractivity contribution >= 4 is 5.91 Å². The van der Waals surface area contributed by atoms with Gasteiger partial charge in [0.2, 0.25) is 0 Å². The molecule has 0 aliphatic heterocycles. The maximum Gasteiger partial charge on any atom is 0.258 e. The average molecular weight is 242 g/mol. The van der Waals surface area contributed by atoms with Crippen LogP contribution in [0.3, 0.4) is 0 Å². The molecule has 0 radical (unpaired) electrons. The number of aliphatic hydroxyl groups is 1. The Bertz CT molecular complexity index is 373. The highest BCUT2D eigenvalue weighted by atomic mass is 16.5. The molecule has 96 valence electrons. The van der Waals surface area contributed by atoms with Gasteiger partial charge in [0.25, 0.3) is 11.8 Å². The molecule has 0 unspecified atom stereocenters. The third kappa shape index (κ3) is 4.86. The summed E-state index contributed by atoms with van der Waals surface area (Å²) in [4.78, 5) is 11.4. The van der Waals surface area contributed by atoms with Gasteiger partial charge in [0.15, 0.2) is 6.61 Å². The molecule has 1 aromatic rings. The normalized spacial score (nSPS) is 11.3. The van der Waals surface area contributed by atoms with E-state index in [2.05, 4.69) is 10.5 Å². The largest absolute Gasteiger partial charge is 0.465 e. The van der Waals surface area contributed by atoms with Crippen LogP contribution in [0.5, 0.6) is 5.88 Å². The van der Waals surface area contributed by atoms with Crippen molar-refractivity contribution in [2.24, 2.45) is 5.41 Å². The molecule has 6 nitrogen and oxygen atoms in total. The molecule has 0 saturated carbocycles. The Morgan fingerprint density at radius 2 is 2.35 bits per heavy atom. The zero-order chi connectivity index (χ0) is 12.9. The number of nitrogens with zero attached hydrogens (tertiary/aromatic N) is 1. The van der Waals surface area contributed by atoms with Crippen molar-refractivity contribution in [2.75, 3.05) is 19.8 Å². The molecule has 1 rings (SSSR count). The van der Waals surface area contributed by atoms with Crippen LogP contribution in [-0.2, 0) is 4.79 Å². The number of hydrogen-bond donors (Lipinski definition) is 2. The minimum Gasteiger partial charge on any atom is -0.465 e. The minimum atomic E-state index is -0.333. The zero-order valence-electron chi connectivity index (χ0n) is 10.3. The number of aromatic nitrogens is 1. The molecule has 2 N–H and O–H groups in total. The Hall–Kier alpha value is -1.56. The molecule has 0 spiro atoms. The molecule has 0 aliphatic rings. The van der Waals surface area contributed by atoms with Crippen molar-refractivity contribution in [2.45, 2.75) is 20.8 Å². The highest BCUT2D eigenvalue weighted by Crippen LogP contribution is 2.11. The van der Waals surface area contributed by atoms with Gasteiger partial charge < -0.3 is 19.7 Å². The minimum absolute atomic E-state index is 0.0105. The Morgan fingerprint density at radius 1 is 1.65 bits per heavy atom. The van der Waals surface area contributed by atoms with E-state index in [0.717, 1.165) is 0 Å². The summed E-state index contributed by atoms with van der Waals surface area (Å²) in [5.74, 6) is 0.660. The Kier molecular flexibility index (Phi) is 4.51. The molecule has 1 heterocycles. The average Bonchev–Trinajstić information content (AvgIpc) is 2.70. The van der Waals surface area contributed by atoms with E-state index in [0.29, 0.717) is 18.2 Å². The molecule has 0 aromatic carbocycles. The fraction of sp³-hybridized carbons (Fsp3) is 0.636. The van der Waals surface area contributed by atoms with Crippen LogP contribution in [0.2, 0.25) is 0 Å². The number of carbonyl (C=O) groups is 1. The summed E-state index contributed by atoms with van der Waals surface area (Å²) in [6.07, 6.45) is 0. The Balaban J connectivity index is 2.26. The molecular weight excluding hydrogens is 224 g/mol. The second-order valence-corrected chi connectivity index (χ2v) is 4.66. The molecule has 1 amide bonds. The molecule has 6 heteroatoms. The smallest absolute Gasteiger partial charge is 0.258 e. The summed E-state index contributed by atoms with van der Waals surface area (Å²) in [7, 11) is 0. The van der Waals surface area contributed by atoms with Crippen molar-refractivity contribution in [3.8, 4) is 5.88 Å². The van der Waals surface area contributed by atoms with Crippen molar-refractivity contribution in [1.29, 1.82) is 0 Å². The summed E-state index contributed by atoms with van der Waals surface area (Å²) in [5, 5.41) is 15.3. The number of aliphatic hydroxyl groups excluding tert-OH is 1. The number of aryl methyl sites for hydroxylation is 1. The number of amides is 1. The van der Waals surface area contributed by atoms with Gasteiger partial charge in [0, 0.05) is 24.6 Å². The number of rotatable bonds is 6. The molecule has 1 aromatic heterocycles. The molecule has 0 atom stereocenters. The van der Waals surface area contributed by atoms with Crippen molar-refractivity contribution in [1.82, 2.24) is 10.5 Å². The first-order valence-corrected chi connectivity index (χ1v) is 5.37. The fourth-order valence-electron chi connectivity index (χ4n) is 0.996. The van der Waals surface area contributed by atoms with E-state index in [1.807, 2.05) is 13.8 Å². The Morgan fingerprint density at radius 3 is 2.88 bits per heavy atom. The van der Waals surface area contributed by atoms with Gasteiger partial charge >= 0.3 is 0 Å². The van der Waals surface area contributed by atoms with Gasteiger partial charge in [-0.3, -0.25) is 4.79 Å². The van der Waals surface area contributed by atoms with Crippen molar-refractivity contribution in [3.05, 3.63) is 11.8 Å². The molecular formula is C11H18N2O4. The Labute approximate surface area is 99.9 Å². The highest BCUT2D eigenvalue weighted by molar-refractivity contribution is 5.77. The third-order valence-electron chi connectivity index (χ3n) is 2.15. The fourth-order valence-corrected chi connectivity index (χ4v) is 0.996. The molecule has 0 fully saturated rings. The van der Waals surface area contributed by atoms with Crippen LogP contribution in [0.15, 0.2) is 10.6 Å². The van der Waals surface area contributed by atoms with E-state index >= 15 is 0 Å². The number of hydrogen-bond acceptors (Lipinski definition) is 5. The molecule has 0 bridgehead atoms. The van der Waals surface area contributed by atoms with Gasteiger partial charge in [-0.15, -0.1) is 0 Å². The van der Waals surface area contributed by atoms with E-state index in [1.54, 1.807) is 13.0 Å². The summed E-state index contributed by atoms with van der Waals surface area (Å²) >= 11 is 0. The van der Waals surface area contributed by atoms with E-state index in [-0.39, 0.29) is 24.5 Å². The quantitative estimate of drug-likeness (QED) is 0.758. The first-order valence-electron chi connectivity index (χ1n) is 5.37. The van der Waals surface area contributed by atoms with E-state index < -0.39 is 0 Å². The first kappa shape index (κ1) is 13.5. The maximum atomic E-state index is 11.4. The monoisotopic (exact) mass is 242 g/mol. The van der Waals surface area contributed by atoms with Crippen LogP contribution in [-0.4, -0.2) is 35.9 Å². The van der Waals surface area contributed by atoms with Crippen LogP contribution >= 0.6 is 0 Å². The van der Waals surface area contributed by atoms with Gasteiger partial charge in [-0.1, -0.05) is 13.8 Å². The highest BCUT2D eigenvalue weighted by Gasteiger charge is 2.17. The lowest BCUT2D eigenvalue weighted by atomic mass is 9.95. The SMILES string of the molecule is Cc1cc(OCC(=O)NCC(C)(C)CO)no1. The number of ether oxygens (including phenoxy) is 1. The van der Waals surface area contributed by atoms with Crippen LogP contribution in [0.25, 0.3) is 0 Å². The number of carbonyl (C=O) groups excluding carboxylic acids is 1. The van der Waals surface area contributed by atoms with E-state index in [1.165, 1.54) is 0 Å². The second-order valence-electron chi connectivity index (χ2n) is 4.66. The van der Waals surface area contributed by atoms with Crippen LogP contribution in [0.1, 0.15) is 19.6 Å². The summed E-state index contributed by atoms with van der Waals surface area (Å²) in [6, 6.07) is 1.60. The van der Waals surface area contributed by atoms with Crippen LogP contribution in [0, 0.1) is 12.3 Å². The van der Waals surface area contributed by atoms with Crippen molar-refractivity contribution in [3.63, 3.8) is 0 Å².